The van der Waals surface area contributed by atoms with Crippen LogP contribution in [-0.4, -0.2) is 41.8 Å². The lowest BCUT2D eigenvalue weighted by Gasteiger charge is -2.18. The number of aromatic nitrogens is 2. The molecule has 0 aliphatic rings. The number of carbonyl (C=O) groups is 1. The quantitative estimate of drug-likeness (QED) is 0.435. The summed E-state index contributed by atoms with van der Waals surface area (Å²) in [6, 6.07) is 7.61. The second-order valence-electron chi connectivity index (χ2n) is 8.01. The first kappa shape index (κ1) is 24.9. The molecular formula is C26H34N4O2. The maximum atomic E-state index is 12.8. The molecule has 0 radical (unpaired) electrons. The first-order valence-electron chi connectivity index (χ1n) is 10.5. The Balaban J connectivity index is 2.23. The molecular weight excluding hydrogens is 400 g/mol. The van der Waals surface area contributed by atoms with E-state index < -0.39 is 0 Å². The standard InChI is InChI=1S/C26H34N4O2/c1-9-24(23-15-27-30(7)17-23)25(19(3)20(4)32-8)14-18(2)28-26(31)22-12-10-21(11-13-22)16-29(5)6/h9-13,15,17H,2,4,14,16H2,1,3,5-8H3,(H,28,31)/b24-9-,25-19-. The van der Waals surface area contributed by atoms with Gasteiger partial charge < -0.3 is 15.0 Å². The molecule has 0 bridgehead atoms. The van der Waals surface area contributed by atoms with Gasteiger partial charge in [-0.15, -0.1) is 0 Å². The van der Waals surface area contributed by atoms with Crippen LogP contribution in [0.3, 0.4) is 0 Å². The van der Waals surface area contributed by atoms with Crippen molar-refractivity contribution < 1.29 is 9.53 Å². The summed E-state index contributed by atoms with van der Waals surface area (Å²) in [6.45, 7) is 12.9. The Morgan fingerprint density at radius 2 is 1.88 bits per heavy atom. The molecule has 0 aliphatic heterocycles. The van der Waals surface area contributed by atoms with Gasteiger partial charge in [0.05, 0.1) is 13.3 Å². The molecule has 1 heterocycles. The van der Waals surface area contributed by atoms with Crippen molar-refractivity contribution in [1.82, 2.24) is 20.0 Å². The van der Waals surface area contributed by atoms with Crippen LogP contribution in [0.4, 0.5) is 0 Å². The molecule has 2 aromatic rings. The van der Waals surface area contributed by atoms with Crippen molar-refractivity contribution in [2.24, 2.45) is 7.05 Å². The van der Waals surface area contributed by atoms with Gasteiger partial charge in [0.2, 0.25) is 0 Å². The molecule has 0 saturated heterocycles. The average Bonchev–Trinajstić information content (AvgIpc) is 3.18. The van der Waals surface area contributed by atoms with Crippen molar-refractivity contribution in [2.45, 2.75) is 26.8 Å². The van der Waals surface area contributed by atoms with Crippen LogP contribution >= 0.6 is 0 Å². The van der Waals surface area contributed by atoms with E-state index >= 15 is 0 Å². The molecule has 6 heteroatoms. The minimum absolute atomic E-state index is 0.183. The number of ether oxygens (including phenoxy) is 1. The zero-order valence-electron chi connectivity index (χ0n) is 20.0. The molecule has 0 saturated carbocycles. The van der Waals surface area contributed by atoms with E-state index in [1.807, 2.05) is 77.7 Å². The minimum Gasteiger partial charge on any atom is -0.497 e. The van der Waals surface area contributed by atoms with Gasteiger partial charge in [-0.3, -0.25) is 9.48 Å². The first-order chi connectivity index (χ1) is 15.2. The molecule has 0 unspecified atom stereocenters. The molecule has 0 atom stereocenters. The third-order valence-electron chi connectivity index (χ3n) is 5.14. The lowest BCUT2D eigenvalue weighted by molar-refractivity contribution is 0.0965. The van der Waals surface area contributed by atoms with Gasteiger partial charge in [-0.1, -0.05) is 31.4 Å². The number of benzene rings is 1. The van der Waals surface area contributed by atoms with E-state index in [0.717, 1.165) is 34.4 Å². The van der Waals surface area contributed by atoms with Gasteiger partial charge in [0, 0.05) is 43.0 Å². The Kier molecular flexibility index (Phi) is 8.79. The van der Waals surface area contributed by atoms with Crippen molar-refractivity contribution in [2.75, 3.05) is 21.2 Å². The van der Waals surface area contributed by atoms with Crippen LogP contribution in [0.5, 0.6) is 0 Å². The van der Waals surface area contributed by atoms with Gasteiger partial charge in [0.25, 0.3) is 5.91 Å². The number of rotatable bonds is 10. The number of amides is 1. The number of nitrogens with zero attached hydrogens (tertiary/aromatic N) is 3. The predicted octanol–water partition coefficient (Wildman–Crippen LogP) is 4.70. The molecule has 2 rings (SSSR count). The van der Waals surface area contributed by atoms with Crippen molar-refractivity contribution in [3.8, 4) is 0 Å². The number of nitrogens with one attached hydrogen (secondary N) is 1. The second-order valence-corrected chi connectivity index (χ2v) is 8.01. The molecule has 0 spiro atoms. The van der Waals surface area contributed by atoms with Crippen LogP contribution < -0.4 is 5.32 Å². The van der Waals surface area contributed by atoms with Crippen molar-refractivity contribution in [3.63, 3.8) is 0 Å². The Morgan fingerprint density at radius 3 is 2.38 bits per heavy atom. The molecule has 1 aromatic carbocycles. The third-order valence-corrected chi connectivity index (χ3v) is 5.14. The summed E-state index contributed by atoms with van der Waals surface area (Å²) >= 11 is 0. The fraction of sp³-hybridized carbons (Fsp3) is 0.308. The largest absolute Gasteiger partial charge is 0.497 e. The van der Waals surface area contributed by atoms with Crippen LogP contribution in [0.15, 0.2) is 78.5 Å². The number of carbonyl (C=O) groups excluding carboxylic acids is 1. The highest BCUT2D eigenvalue weighted by Gasteiger charge is 2.17. The highest BCUT2D eigenvalue weighted by Crippen LogP contribution is 2.32. The van der Waals surface area contributed by atoms with E-state index in [1.165, 1.54) is 0 Å². The summed E-state index contributed by atoms with van der Waals surface area (Å²) in [7, 11) is 7.50. The van der Waals surface area contributed by atoms with E-state index in [1.54, 1.807) is 11.8 Å². The highest BCUT2D eigenvalue weighted by atomic mass is 16.5. The topological polar surface area (TPSA) is 59.4 Å². The second kappa shape index (κ2) is 11.3. The van der Waals surface area contributed by atoms with Crippen LogP contribution in [0.1, 0.15) is 41.8 Å². The molecule has 32 heavy (non-hydrogen) atoms. The van der Waals surface area contributed by atoms with E-state index in [4.69, 9.17) is 4.74 Å². The minimum atomic E-state index is -0.183. The lowest BCUT2D eigenvalue weighted by Crippen LogP contribution is -2.23. The van der Waals surface area contributed by atoms with Gasteiger partial charge in [-0.2, -0.15) is 5.10 Å². The van der Waals surface area contributed by atoms with Crippen molar-refractivity contribution in [3.05, 3.63) is 95.2 Å². The zero-order valence-corrected chi connectivity index (χ0v) is 20.0. The number of allylic oxidation sites excluding steroid dienone is 4. The number of aryl methyl sites for hydroxylation is 1. The molecule has 0 aliphatic carbocycles. The average molecular weight is 435 g/mol. The van der Waals surface area contributed by atoms with E-state index in [9.17, 15) is 4.79 Å². The van der Waals surface area contributed by atoms with Crippen LogP contribution in [0.25, 0.3) is 5.57 Å². The molecule has 1 aromatic heterocycles. The van der Waals surface area contributed by atoms with Gasteiger partial charge in [0.15, 0.2) is 0 Å². The summed E-state index contributed by atoms with van der Waals surface area (Å²) in [4.78, 5) is 14.9. The number of hydrogen-bond donors (Lipinski definition) is 1. The Morgan fingerprint density at radius 1 is 1.22 bits per heavy atom. The van der Waals surface area contributed by atoms with Gasteiger partial charge in [0.1, 0.15) is 5.76 Å². The lowest BCUT2D eigenvalue weighted by atomic mass is 9.91. The summed E-state index contributed by atoms with van der Waals surface area (Å²) in [5.41, 5.74) is 6.18. The van der Waals surface area contributed by atoms with Crippen molar-refractivity contribution in [1.29, 1.82) is 0 Å². The highest BCUT2D eigenvalue weighted by molar-refractivity contribution is 5.95. The number of hydrogen-bond acceptors (Lipinski definition) is 4. The van der Waals surface area contributed by atoms with E-state index in [0.29, 0.717) is 23.4 Å². The van der Waals surface area contributed by atoms with Crippen LogP contribution in [0.2, 0.25) is 0 Å². The normalized spacial score (nSPS) is 12.4. The first-order valence-corrected chi connectivity index (χ1v) is 10.5. The smallest absolute Gasteiger partial charge is 0.255 e. The third kappa shape index (κ3) is 6.56. The molecule has 1 amide bonds. The maximum Gasteiger partial charge on any atom is 0.255 e. The SMILES string of the molecule is C=C(CC(=C(\C)C(=C)OC)/C(=C\C)c1cnn(C)c1)NC(=O)c1ccc(CN(C)C)cc1. The monoisotopic (exact) mass is 434 g/mol. The maximum absolute atomic E-state index is 12.8. The van der Waals surface area contributed by atoms with Crippen molar-refractivity contribution >= 4 is 11.5 Å². The Labute approximate surface area is 191 Å². The summed E-state index contributed by atoms with van der Waals surface area (Å²) in [5.74, 6) is 0.385. The molecule has 6 nitrogen and oxygen atoms in total. The summed E-state index contributed by atoms with van der Waals surface area (Å²) in [6.07, 6.45) is 6.23. The molecule has 170 valence electrons. The van der Waals surface area contributed by atoms with E-state index in [2.05, 4.69) is 28.5 Å². The predicted molar refractivity (Wildman–Crippen MR) is 131 cm³/mol. The number of methoxy groups -OCH3 is 1. The van der Waals surface area contributed by atoms with E-state index in [-0.39, 0.29) is 5.91 Å². The Hall–Kier alpha value is -3.38. The fourth-order valence-electron chi connectivity index (χ4n) is 3.44. The summed E-state index contributed by atoms with van der Waals surface area (Å²) in [5, 5.41) is 7.23. The fourth-order valence-corrected chi connectivity index (χ4v) is 3.44. The summed E-state index contributed by atoms with van der Waals surface area (Å²) < 4.78 is 7.14. The Bertz CT molecular complexity index is 1040. The van der Waals surface area contributed by atoms with Gasteiger partial charge in [-0.25, -0.2) is 0 Å². The molecule has 1 N–H and O–H groups in total. The van der Waals surface area contributed by atoms with Crippen LogP contribution in [0, 0.1) is 0 Å². The van der Waals surface area contributed by atoms with Gasteiger partial charge in [-0.05, 0) is 62.4 Å². The van der Waals surface area contributed by atoms with Gasteiger partial charge >= 0.3 is 0 Å². The molecule has 0 fully saturated rings. The zero-order chi connectivity index (χ0) is 23.8. The van der Waals surface area contributed by atoms with Crippen LogP contribution in [-0.2, 0) is 18.3 Å².